The van der Waals surface area contributed by atoms with E-state index >= 15 is 0 Å². The van der Waals surface area contributed by atoms with Gasteiger partial charge >= 0.3 is 0 Å². The molecular weight excluding hydrogens is 124 g/mol. The van der Waals surface area contributed by atoms with Gasteiger partial charge in [-0.05, 0) is 11.6 Å². The average Bonchev–Trinajstić information content (AvgIpc) is 2.38. The minimum absolute atomic E-state index is 0.111. The maximum atomic E-state index is 5.58. The van der Waals surface area contributed by atoms with E-state index in [-0.39, 0.29) is 5.41 Å². The summed E-state index contributed by atoms with van der Waals surface area (Å²) in [6, 6.07) is 2.06. The lowest BCUT2D eigenvalue weighted by atomic mass is 9.87. The Balaban J connectivity index is 2.85. The topological polar surface area (TPSA) is 41.8 Å². The van der Waals surface area contributed by atoms with Gasteiger partial charge in [-0.2, -0.15) is 0 Å². The summed E-state index contributed by atoms with van der Waals surface area (Å²) in [5, 5.41) is 0. The van der Waals surface area contributed by atoms with Gasteiger partial charge in [-0.3, -0.25) is 0 Å². The van der Waals surface area contributed by atoms with E-state index in [1.54, 1.807) is 0 Å². The molecule has 0 aliphatic rings. The van der Waals surface area contributed by atoms with Crippen molar-refractivity contribution in [3.05, 3.63) is 24.0 Å². The zero-order valence-corrected chi connectivity index (χ0v) is 6.52. The summed E-state index contributed by atoms with van der Waals surface area (Å²) in [6.45, 7) is 4.96. The van der Waals surface area contributed by atoms with Gasteiger partial charge in [0.15, 0.2) is 0 Å². The second kappa shape index (κ2) is 2.46. The molecule has 3 N–H and O–H groups in total. The molecule has 0 amide bonds. The highest BCUT2D eigenvalue weighted by atomic mass is 14.7. The fourth-order valence-electron chi connectivity index (χ4n) is 0.863. The highest BCUT2D eigenvalue weighted by Gasteiger charge is 2.17. The maximum absolute atomic E-state index is 5.58. The monoisotopic (exact) mass is 138 g/mol. The molecule has 0 aliphatic carbocycles. The first-order valence-electron chi connectivity index (χ1n) is 3.50. The summed E-state index contributed by atoms with van der Waals surface area (Å²) in [4.78, 5) is 3.01. The molecule has 0 fully saturated rings. The Bertz CT molecular complexity index is 187. The Morgan fingerprint density at radius 2 is 2.30 bits per heavy atom. The molecule has 2 nitrogen and oxygen atoms in total. The Morgan fingerprint density at radius 3 is 2.70 bits per heavy atom. The van der Waals surface area contributed by atoms with Gasteiger partial charge in [0.05, 0.1) is 0 Å². The summed E-state index contributed by atoms with van der Waals surface area (Å²) in [6.07, 6.45) is 3.92. The SMILES string of the molecule is CC(C)(CN)c1cc[nH]c1. The third-order valence-electron chi connectivity index (χ3n) is 1.89. The fourth-order valence-corrected chi connectivity index (χ4v) is 0.863. The van der Waals surface area contributed by atoms with Gasteiger partial charge < -0.3 is 10.7 Å². The summed E-state index contributed by atoms with van der Waals surface area (Å²) in [5.41, 5.74) is 6.97. The summed E-state index contributed by atoms with van der Waals surface area (Å²) < 4.78 is 0. The van der Waals surface area contributed by atoms with Crippen LogP contribution >= 0.6 is 0 Å². The molecule has 56 valence electrons. The molecule has 0 unspecified atom stereocenters. The Hall–Kier alpha value is -0.760. The van der Waals surface area contributed by atoms with Crippen molar-refractivity contribution in [2.24, 2.45) is 5.73 Å². The standard InChI is InChI=1S/C8H14N2/c1-8(2,6-9)7-3-4-10-5-7/h3-5,10H,6,9H2,1-2H3. The zero-order chi connectivity index (χ0) is 7.61. The normalized spacial score (nSPS) is 11.9. The molecule has 10 heavy (non-hydrogen) atoms. The van der Waals surface area contributed by atoms with Crippen LogP contribution in [0.15, 0.2) is 18.5 Å². The zero-order valence-electron chi connectivity index (χ0n) is 6.52. The number of rotatable bonds is 2. The van der Waals surface area contributed by atoms with Crippen LogP contribution in [-0.2, 0) is 5.41 Å². The van der Waals surface area contributed by atoms with Crippen molar-refractivity contribution in [2.75, 3.05) is 6.54 Å². The first-order valence-corrected chi connectivity index (χ1v) is 3.50. The van der Waals surface area contributed by atoms with Gasteiger partial charge in [0.2, 0.25) is 0 Å². The molecule has 0 bridgehead atoms. The highest BCUT2D eigenvalue weighted by molar-refractivity contribution is 5.19. The van der Waals surface area contributed by atoms with Crippen LogP contribution in [0.2, 0.25) is 0 Å². The third kappa shape index (κ3) is 1.21. The van der Waals surface area contributed by atoms with Crippen LogP contribution in [0, 0.1) is 0 Å². The largest absolute Gasteiger partial charge is 0.367 e. The number of hydrogen-bond acceptors (Lipinski definition) is 1. The first kappa shape index (κ1) is 7.35. The molecule has 0 aromatic carbocycles. The molecular formula is C8H14N2. The van der Waals surface area contributed by atoms with Gasteiger partial charge in [0, 0.05) is 24.4 Å². The van der Waals surface area contributed by atoms with E-state index in [0.717, 1.165) is 0 Å². The van der Waals surface area contributed by atoms with Crippen molar-refractivity contribution in [1.29, 1.82) is 0 Å². The molecule has 0 radical (unpaired) electrons. The van der Waals surface area contributed by atoms with Crippen molar-refractivity contribution >= 4 is 0 Å². The third-order valence-corrected chi connectivity index (χ3v) is 1.89. The van der Waals surface area contributed by atoms with E-state index in [9.17, 15) is 0 Å². The number of H-pyrrole nitrogens is 1. The summed E-state index contributed by atoms with van der Waals surface area (Å²) in [5.74, 6) is 0. The van der Waals surface area contributed by atoms with Gasteiger partial charge in [-0.25, -0.2) is 0 Å². The van der Waals surface area contributed by atoms with Gasteiger partial charge in [-0.1, -0.05) is 13.8 Å². The van der Waals surface area contributed by atoms with E-state index in [0.29, 0.717) is 6.54 Å². The molecule has 1 heterocycles. The van der Waals surface area contributed by atoms with Crippen molar-refractivity contribution in [3.63, 3.8) is 0 Å². The van der Waals surface area contributed by atoms with E-state index in [1.165, 1.54) is 5.56 Å². The Labute approximate surface area is 61.4 Å². The van der Waals surface area contributed by atoms with Crippen LogP contribution < -0.4 is 5.73 Å². The van der Waals surface area contributed by atoms with E-state index in [1.807, 2.05) is 12.4 Å². The second-order valence-electron chi connectivity index (χ2n) is 3.19. The van der Waals surface area contributed by atoms with Crippen LogP contribution in [-0.4, -0.2) is 11.5 Å². The van der Waals surface area contributed by atoms with Gasteiger partial charge in [0.25, 0.3) is 0 Å². The lowest BCUT2D eigenvalue weighted by Gasteiger charge is -2.20. The maximum Gasteiger partial charge on any atom is 0.00432 e. The molecule has 1 aromatic rings. The molecule has 0 spiro atoms. The van der Waals surface area contributed by atoms with Crippen LogP contribution in [0.5, 0.6) is 0 Å². The number of aromatic amines is 1. The predicted octanol–water partition coefficient (Wildman–Crippen LogP) is 1.25. The molecule has 1 rings (SSSR count). The van der Waals surface area contributed by atoms with Crippen LogP contribution in [0.3, 0.4) is 0 Å². The van der Waals surface area contributed by atoms with E-state index < -0.39 is 0 Å². The molecule has 0 saturated heterocycles. The van der Waals surface area contributed by atoms with Crippen LogP contribution in [0.4, 0.5) is 0 Å². The van der Waals surface area contributed by atoms with Crippen LogP contribution in [0.25, 0.3) is 0 Å². The quantitative estimate of drug-likeness (QED) is 0.634. The minimum atomic E-state index is 0.111. The number of nitrogens with two attached hydrogens (primary N) is 1. The molecule has 0 atom stereocenters. The minimum Gasteiger partial charge on any atom is -0.367 e. The smallest absolute Gasteiger partial charge is 0.00432 e. The molecule has 0 saturated carbocycles. The fraction of sp³-hybridized carbons (Fsp3) is 0.500. The number of aromatic nitrogens is 1. The Kier molecular flexibility index (Phi) is 1.81. The van der Waals surface area contributed by atoms with E-state index in [4.69, 9.17) is 5.73 Å². The van der Waals surface area contributed by atoms with Crippen molar-refractivity contribution in [2.45, 2.75) is 19.3 Å². The van der Waals surface area contributed by atoms with Gasteiger partial charge in [0.1, 0.15) is 0 Å². The molecule has 0 aliphatic heterocycles. The summed E-state index contributed by atoms with van der Waals surface area (Å²) in [7, 11) is 0. The van der Waals surface area contributed by atoms with E-state index in [2.05, 4.69) is 24.9 Å². The van der Waals surface area contributed by atoms with Crippen LogP contribution in [0.1, 0.15) is 19.4 Å². The summed E-state index contributed by atoms with van der Waals surface area (Å²) >= 11 is 0. The molecule has 2 heteroatoms. The second-order valence-corrected chi connectivity index (χ2v) is 3.19. The Morgan fingerprint density at radius 1 is 1.60 bits per heavy atom. The van der Waals surface area contributed by atoms with Crippen molar-refractivity contribution < 1.29 is 0 Å². The average molecular weight is 138 g/mol. The van der Waals surface area contributed by atoms with Gasteiger partial charge in [-0.15, -0.1) is 0 Å². The molecule has 1 aromatic heterocycles. The highest BCUT2D eigenvalue weighted by Crippen LogP contribution is 2.20. The van der Waals surface area contributed by atoms with Crippen molar-refractivity contribution in [1.82, 2.24) is 4.98 Å². The number of hydrogen-bond donors (Lipinski definition) is 2. The predicted molar refractivity (Wildman–Crippen MR) is 42.9 cm³/mol. The van der Waals surface area contributed by atoms with Crippen molar-refractivity contribution in [3.8, 4) is 0 Å². The lowest BCUT2D eigenvalue weighted by molar-refractivity contribution is 0.540. The first-order chi connectivity index (χ1) is 4.67. The lowest BCUT2D eigenvalue weighted by Crippen LogP contribution is -2.27. The number of nitrogens with one attached hydrogen (secondary N) is 1.